The van der Waals surface area contributed by atoms with Gasteiger partial charge >= 0.3 is 5.97 Å². The fraction of sp³-hybridized carbons (Fsp3) is 0.167. The molecule has 0 unspecified atom stereocenters. The van der Waals surface area contributed by atoms with E-state index in [9.17, 15) is 19.5 Å². The Kier molecular flexibility index (Phi) is 6.57. The number of aromatic hydroxyl groups is 1. The van der Waals surface area contributed by atoms with Crippen molar-refractivity contribution in [1.29, 1.82) is 0 Å². The van der Waals surface area contributed by atoms with Gasteiger partial charge in [-0.1, -0.05) is 35.9 Å². The largest absolute Gasteiger partial charge is 0.507 e. The van der Waals surface area contributed by atoms with Crippen LogP contribution in [0.15, 0.2) is 48.5 Å². The minimum absolute atomic E-state index is 0.0422. The molecule has 0 aromatic heterocycles. The third-order valence-corrected chi connectivity index (χ3v) is 3.73. The number of benzene rings is 2. The summed E-state index contributed by atoms with van der Waals surface area (Å²) < 4.78 is 4.87. The van der Waals surface area contributed by atoms with Crippen molar-refractivity contribution in [3.8, 4) is 5.75 Å². The van der Waals surface area contributed by atoms with Crippen LogP contribution < -0.4 is 5.32 Å². The summed E-state index contributed by atoms with van der Waals surface area (Å²) in [6.45, 7) is -0.790. The number of esters is 1. The van der Waals surface area contributed by atoms with Gasteiger partial charge < -0.3 is 20.1 Å². The number of phenols is 1. The molecule has 136 valence electrons. The minimum atomic E-state index is -0.828. The molecule has 0 radical (unpaired) electrons. The van der Waals surface area contributed by atoms with Crippen LogP contribution >= 0.6 is 11.6 Å². The van der Waals surface area contributed by atoms with Crippen LogP contribution in [0.25, 0.3) is 0 Å². The van der Waals surface area contributed by atoms with Crippen LogP contribution in [-0.2, 0) is 14.3 Å². The Morgan fingerprint density at radius 3 is 2.46 bits per heavy atom. The highest BCUT2D eigenvalue weighted by Gasteiger charge is 2.18. The van der Waals surface area contributed by atoms with Crippen LogP contribution in [0, 0.1) is 0 Å². The number of rotatable bonds is 6. The Hall–Kier alpha value is -3.06. The van der Waals surface area contributed by atoms with Crippen LogP contribution in [0.2, 0.25) is 5.02 Å². The highest BCUT2D eigenvalue weighted by Crippen LogP contribution is 2.20. The van der Waals surface area contributed by atoms with Crippen LogP contribution in [0.1, 0.15) is 10.4 Å². The van der Waals surface area contributed by atoms with Gasteiger partial charge in [0.15, 0.2) is 6.61 Å². The van der Waals surface area contributed by atoms with Gasteiger partial charge in [-0.05, 0) is 24.3 Å². The maximum Gasteiger partial charge on any atom is 0.342 e. The molecular formula is C18H17ClN2O5. The first-order valence-corrected chi connectivity index (χ1v) is 7.99. The first kappa shape index (κ1) is 19.3. The molecule has 2 rings (SSSR count). The molecule has 0 aliphatic carbocycles. The molecule has 0 aliphatic heterocycles. The van der Waals surface area contributed by atoms with Gasteiger partial charge in [-0.15, -0.1) is 0 Å². The Morgan fingerprint density at radius 1 is 1.12 bits per heavy atom. The number of carbonyl (C=O) groups is 3. The van der Waals surface area contributed by atoms with Gasteiger partial charge in [0.25, 0.3) is 5.91 Å². The van der Waals surface area contributed by atoms with E-state index in [-0.39, 0.29) is 17.9 Å². The Balaban J connectivity index is 1.84. The molecular weight excluding hydrogens is 360 g/mol. The molecule has 2 aromatic rings. The number of phenolic OH excluding ortho intramolecular Hbond substituents is 1. The van der Waals surface area contributed by atoms with E-state index in [4.69, 9.17) is 16.3 Å². The van der Waals surface area contributed by atoms with Crippen molar-refractivity contribution < 1.29 is 24.2 Å². The topological polar surface area (TPSA) is 95.9 Å². The monoisotopic (exact) mass is 376 g/mol. The number of anilines is 1. The molecule has 0 atom stereocenters. The van der Waals surface area contributed by atoms with Gasteiger partial charge in [-0.25, -0.2) is 4.79 Å². The average Bonchev–Trinajstić information content (AvgIpc) is 2.61. The number of nitrogens with one attached hydrogen (secondary N) is 1. The minimum Gasteiger partial charge on any atom is -0.507 e. The molecule has 2 aromatic carbocycles. The highest BCUT2D eigenvalue weighted by molar-refractivity contribution is 6.33. The molecule has 8 heteroatoms. The van der Waals surface area contributed by atoms with E-state index in [1.807, 2.05) is 0 Å². The average molecular weight is 377 g/mol. The van der Waals surface area contributed by atoms with E-state index in [0.717, 1.165) is 4.90 Å². The van der Waals surface area contributed by atoms with Crippen LogP contribution in [-0.4, -0.2) is 48.0 Å². The quantitative estimate of drug-likeness (QED) is 0.754. The summed E-state index contributed by atoms with van der Waals surface area (Å²) in [7, 11) is 1.41. The number of halogens is 1. The van der Waals surface area contributed by atoms with E-state index in [0.29, 0.717) is 10.7 Å². The summed E-state index contributed by atoms with van der Waals surface area (Å²) in [5.74, 6) is -2.08. The standard InChI is InChI=1S/C18H17ClN2O5/c1-21(10-16(23)20-14-8-4-3-7-13(14)19)17(24)11-26-18(25)12-6-2-5-9-15(12)22/h2-9,22H,10-11H2,1H3,(H,20,23). The number of carbonyl (C=O) groups excluding carboxylic acids is 3. The maximum absolute atomic E-state index is 12.0. The molecule has 2 N–H and O–H groups in total. The number of para-hydroxylation sites is 2. The lowest BCUT2D eigenvalue weighted by atomic mass is 10.2. The van der Waals surface area contributed by atoms with Crippen LogP contribution in [0.5, 0.6) is 5.75 Å². The van der Waals surface area contributed by atoms with E-state index >= 15 is 0 Å². The van der Waals surface area contributed by atoms with Crippen molar-refractivity contribution in [3.05, 3.63) is 59.1 Å². The summed E-state index contributed by atoms with van der Waals surface area (Å²) in [5.41, 5.74) is 0.394. The normalized spacial score (nSPS) is 10.1. The number of ether oxygens (including phenoxy) is 1. The molecule has 26 heavy (non-hydrogen) atoms. The second-order valence-electron chi connectivity index (χ2n) is 5.37. The maximum atomic E-state index is 12.0. The van der Waals surface area contributed by atoms with Gasteiger partial charge in [-0.2, -0.15) is 0 Å². The number of amides is 2. The second kappa shape index (κ2) is 8.87. The van der Waals surface area contributed by atoms with Crippen molar-refractivity contribution in [2.45, 2.75) is 0 Å². The SMILES string of the molecule is CN(CC(=O)Nc1ccccc1Cl)C(=O)COC(=O)c1ccccc1O. The van der Waals surface area contributed by atoms with E-state index in [2.05, 4.69) is 5.32 Å². The number of hydrogen-bond acceptors (Lipinski definition) is 5. The van der Waals surface area contributed by atoms with Gasteiger partial charge in [0.05, 0.1) is 17.3 Å². The summed E-state index contributed by atoms with van der Waals surface area (Å²) >= 11 is 5.95. The van der Waals surface area contributed by atoms with Gasteiger partial charge in [0.2, 0.25) is 5.91 Å². The predicted octanol–water partition coefficient (Wildman–Crippen LogP) is 2.30. The molecule has 0 fully saturated rings. The summed E-state index contributed by atoms with van der Waals surface area (Å²) in [6.07, 6.45) is 0. The first-order chi connectivity index (χ1) is 12.4. The number of likely N-dealkylation sites (N-methyl/N-ethyl adjacent to an activating group) is 1. The van der Waals surface area contributed by atoms with E-state index < -0.39 is 24.4 Å². The van der Waals surface area contributed by atoms with E-state index in [1.54, 1.807) is 36.4 Å². The third kappa shape index (κ3) is 5.22. The molecule has 0 bridgehead atoms. The van der Waals surface area contributed by atoms with Crippen LogP contribution in [0.3, 0.4) is 0 Å². The fourth-order valence-electron chi connectivity index (χ4n) is 2.02. The molecule has 0 heterocycles. The summed E-state index contributed by atoms with van der Waals surface area (Å²) in [4.78, 5) is 36.9. The summed E-state index contributed by atoms with van der Waals surface area (Å²) in [6, 6.07) is 12.5. The Morgan fingerprint density at radius 2 is 1.77 bits per heavy atom. The van der Waals surface area contributed by atoms with Crippen molar-refractivity contribution >= 4 is 35.1 Å². The number of hydrogen-bond donors (Lipinski definition) is 2. The van der Waals surface area contributed by atoms with Crippen molar-refractivity contribution in [3.63, 3.8) is 0 Å². The van der Waals surface area contributed by atoms with Crippen molar-refractivity contribution in [2.24, 2.45) is 0 Å². The zero-order valence-corrected chi connectivity index (χ0v) is 14.7. The molecule has 7 nitrogen and oxygen atoms in total. The zero-order chi connectivity index (χ0) is 19.1. The Bertz CT molecular complexity index is 825. The smallest absolute Gasteiger partial charge is 0.342 e. The molecule has 0 saturated carbocycles. The molecule has 0 saturated heterocycles. The number of nitrogens with zero attached hydrogens (tertiary/aromatic N) is 1. The molecule has 0 aliphatic rings. The van der Waals surface area contributed by atoms with Gasteiger partial charge in [0.1, 0.15) is 11.3 Å². The Labute approximate surface area is 155 Å². The lowest BCUT2D eigenvalue weighted by Crippen LogP contribution is -2.37. The highest BCUT2D eigenvalue weighted by atomic mass is 35.5. The van der Waals surface area contributed by atoms with Crippen LogP contribution in [0.4, 0.5) is 5.69 Å². The first-order valence-electron chi connectivity index (χ1n) is 7.62. The van der Waals surface area contributed by atoms with Gasteiger partial charge in [-0.3, -0.25) is 9.59 Å². The summed E-state index contributed by atoms with van der Waals surface area (Å²) in [5, 5.41) is 12.5. The van der Waals surface area contributed by atoms with Gasteiger partial charge in [0, 0.05) is 7.05 Å². The third-order valence-electron chi connectivity index (χ3n) is 3.41. The lowest BCUT2D eigenvalue weighted by Gasteiger charge is -2.17. The zero-order valence-electron chi connectivity index (χ0n) is 13.9. The predicted molar refractivity (Wildman–Crippen MR) is 96.1 cm³/mol. The fourth-order valence-corrected chi connectivity index (χ4v) is 2.20. The van der Waals surface area contributed by atoms with Crippen molar-refractivity contribution in [2.75, 3.05) is 25.5 Å². The second-order valence-corrected chi connectivity index (χ2v) is 5.78. The van der Waals surface area contributed by atoms with E-state index in [1.165, 1.54) is 19.2 Å². The molecule has 0 spiro atoms. The lowest BCUT2D eigenvalue weighted by molar-refractivity contribution is -0.136. The van der Waals surface area contributed by atoms with Crippen molar-refractivity contribution in [1.82, 2.24) is 4.90 Å². The molecule has 2 amide bonds.